The van der Waals surface area contributed by atoms with Gasteiger partial charge in [0, 0.05) is 0 Å². The maximum absolute atomic E-state index is 5.06. The summed E-state index contributed by atoms with van der Waals surface area (Å²) in [7, 11) is 2.04. The maximum atomic E-state index is 5.06. The van der Waals surface area contributed by atoms with E-state index in [0.29, 0.717) is 0 Å². The summed E-state index contributed by atoms with van der Waals surface area (Å²) >= 11 is 0. The highest BCUT2D eigenvalue weighted by atomic mass is 16.3. The van der Waals surface area contributed by atoms with Crippen LogP contribution in [-0.2, 0) is 0 Å². The number of oxazole rings is 1. The Hall–Kier alpha value is -1.25. The van der Waals surface area contributed by atoms with E-state index in [1.807, 2.05) is 26.0 Å². The zero-order valence-electron chi connectivity index (χ0n) is 5.66. The van der Waals surface area contributed by atoms with Crippen molar-refractivity contribution in [1.82, 2.24) is 4.98 Å². The number of hydrogen-bond acceptors (Lipinski definition) is 2. The lowest BCUT2D eigenvalue weighted by atomic mass is 9.96. The van der Waals surface area contributed by atoms with Crippen LogP contribution in [-0.4, -0.2) is 12.8 Å². The molecule has 2 nitrogen and oxygen atoms in total. The Morgan fingerprint density at radius 3 is 3.20 bits per heavy atom. The summed E-state index contributed by atoms with van der Waals surface area (Å²) in [5.74, 6) is 0. The second-order valence-corrected chi connectivity index (χ2v) is 2.32. The molecule has 0 fully saturated rings. The van der Waals surface area contributed by atoms with E-state index >= 15 is 0 Å². The minimum Gasteiger partial charge on any atom is -0.443 e. The first-order valence-corrected chi connectivity index (χ1v) is 3.16. The highest BCUT2D eigenvalue weighted by molar-refractivity contribution is 6.33. The Morgan fingerprint density at radius 1 is 1.40 bits per heavy atom. The lowest BCUT2D eigenvalue weighted by Gasteiger charge is -1.87. The fourth-order valence-electron chi connectivity index (χ4n) is 0.968. The minimum atomic E-state index is 0.852. The SMILES string of the molecule is Bc1ccc2ocnc2c1. The molecule has 0 bridgehead atoms. The van der Waals surface area contributed by atoms with Crippen molar-refractivity contribution in [2.45, 2.75) is 0 Å². The van der Waals surface area contributed by atoms with Gasteiger partial charge >= 0.3 is 0 Å². The zero-order chi connectivity index (χ0) is 6.97. The van der Waals surface area contributed by atoms with E-state index in [0.717, 1.165) is 11.1 Å². The van der Waals surface area contributed by atoms with Crippen molar-refractivity contribution in [1.29, 1.82) is 0 Å². The predicted octanol–water partition coefficient (Wildman–Crippen LogP) is 0.0862. The Labute approximate surface area is 59.3 Å². The van der Waals surface area contributed by atoms with Crippen molar-refractivity contribution in [3.05, 3.63) is 24.6 Å². The van der Waals surface area contributed by atoms with Gasteiger partial charge in [0.1, 0.15) is 13.4 Å². The number of aromatic nitrogens is 1. The van der Waals surface area contributed by atoms with Crippen LogP contribution in [0.5, 0.6) is 0 Å². The van der Waals surface area contributed by atoms with Gasteiger partial charge in [0.15, 0.2) is 12.0 Å². The van der Waals surface area contributed by atoms with E-state index in [-0.39, 0.29) is 0 Å². The third-order valence-corrected chi connectivity index (χ3v) is 1.49. The second-order valence-electron chi connectivity index (χ2n) is 2.32. The van der Waals surface area contributed by atoms with Gasteiger partial charge < -0.3 is 4.42 Å². The van der Waals surface area contributed by atoms with Crippen LogP contribution in [0.25, 0.3) is 11.1 Å². The van der Waals surface area contributed by atoms with E-state index in [9.17, 15) is 0 Å². The maximum Gasteiger partial charge on any atom is 0.181 e. The van der Waals surface area contributed by atoms with E-state index in [1.54, 1.807) is 0 Å². The Kier molecular flexibility index (Phi) is 1.03. The number of hydrogen-bond donors (Lipinski definition) is 0. The average Bonchev–Trinajstić information content (AvgIpc) is 2.33. The molecule has 0 saturated carbocycles. The topological polar surface area (TPSA) is 26.0 Å². The van der Waals surface area contributed by atoms with E-state index in [1.165, 1.54) is 11.9 Å². The molecule has 0 aliphatic heterocycles. The summed E-state index contributed by atoms with van der Waals surface area (Å²) in [4.78, 5) is 4.01. The molecule has 0 radical (unpaired) electrons. The van der Waals surface area contributed by atoms with Gasteiger partial charge in [0.2, 0.25) is 0 Å². The third kappa shape index (κ3) is 0.710. The van der Waals surface area contributed by atoms with Gasteiger partial charge in [0.25, 0.3) is 0 Å². The fourth-order valence-corrected chi connectivity index (χ4v) is 0.968. The summed E-state index contributed by atoms with van der Waals surface area (Å²) in [6.45, 7) is 0. The third-order valence-electron chi connectivity index (χ3n) is 1.49. The van der Waals surface area contributed by atoms with Gasteiger partial charge in [-0.3, -0.25) is 0 Å². The molecule has 0 atom stereocenters. The van der Waals surface area contributed by atoms with Gasteiger partial charge in [-0.15, -0.1) is 0 Å². The lowest BCUT2D eigenvalue weighted by Crippen LogP contribution is -1.98. The van der Waals surface area contributed by atoms with Crippen LogP contribution < -0.4 is 5.46 Å². The summed E-state index contributed by atoms with van der Waals surface area (Å²) in [5, 5.41) is 0. The van der Waals surface area contributed by atoms with Crippen LogP contribution in [0.15, 0.2) is 29.0 Å². The summed E-state index contributed by atoms with van der Waals surface area (Å²) in [5.41, 5.74) is 2.99. The molecule has 0 aliphatic rings. The molecular formula is C7H6BNO. The van der Waals surface area contributed by atoms with Crippen molar-refractivity contribution < 1.29 is 4.42 Å². The Morgan fingerprint density at radius 2 is 2.30 bits per heavy atom. The molecule has 0 aliphatic carbocycles. The van der Waals surface area contributed by atoms with Crippen LogP contribution in [0, 0.1) is 0 Å². The normalized spacial score (nSPS) is 10.4. The molecule has 0 N–H and O–H groups in total. The predicted molar refractivity (Wildman–Crippen MR) is 42.2 cm³/mol. The van der Waals surface area contributed by atoms with Gasteiger partial charge in [-0.1, -0.05) is 11.5 Å². The minimum absolute atomic E-state index is 0.852. The number of benzene rings is 1. The van der Waals surface area contributed by atoms with Crippen molar-refractivity contribution in [2.75, 3.05) is 0 Å². The molecule has 1 heterocycles. The summed E-state index contributed by atoms with van der Waals surface area (Å²) in [6.07, 6.45) is 1.46. The molecule has 48 valence electrons. The highest BCUT2D eigenvalue weighted by Gasteiger charge is 1.94. The zero-order valence-corrected chi connectivity index (χ0v) is 5.66. The molecule has 2 aromatic rings. The van der Waals surface area contributed by atoms with Crippen LogP contribution >= 0.6 is 0 Å². The second kappa shape index (κ2) is 1.87. The van der Waals surface area contributed by atoms with Gasteiger partial charge in [-0.2, -0.15) is 0 Å². The smallest absolute Gasteiger partial charge is 0.181 e. The Bertz CT molecular complexity index is 355. The van der Waals surface area contributed by atoms with Crippen LogP contribution in [0.3, 0.4) is 0 Å². The fraction of sp³-hybridized carbons (Fsp3) is 0. The van der Waals surface area contributed by atoms with Crippen molar-refractivity contribution >= 4 is 24.4 Å². The molecule has 0 amide bonds. The van der Waals surface area contributed by atoms with Gasteiger partial charge in [-0.05, 0) is 12.1 Å². The van der Waals surface area contributed by atoms with Crippen LogP contribution in [0.4, 0.5) is 0 Å². The van der Waals surface area contributed by atoms with E-state index in [2.05, 4.69) is 4.98 Å². The van der Waals surface area contributed by atoms with Gasteiger partial charge in [0.05, 0.1) is 0 Å². The van der Waals surface area contributed by atoms with Crippen LogP contribution in [0.2, 0.25) is 0 Å². The molecule has 0 spiro atoms. The largest absolute Gasteiger partial charge is 0.443 e. The van der Waals surface area contributed by atoms with Crippen molar-refractivity contribution in [2.24, 2.45) is 0 Å². The first-order valence-electron chi connectivity index (χ1n) is 3.16. The first kappa shape index (κ1) is 5.53. The number of rotatable bonds is 0. The number of nitrogens with zero attached hydrogens (tertiary/aromatic N) is 1. The Balaban J connectivity index is 2.86. The highest BCUT2D eigenvalue weighted by Crippen LogP contribution is 2.07. The summed E-state index contributed by atoms with van der Waals surface area (Å²) in [6, 6.07) is 5.93. The average molecular weight is 131 g/mol. The lowest BCUT2D eigenvalue weighted by molar-refractivity contribution is 0.602. The van der Waals surface area contributed by atoms with E-state index < -0.39 is 0 Å². The quantitative estimate of drug-likeness (QED) is 0.473. The molecule has 0 unspecified atom stereocenters. The summed E-state index contributed by atoms with van der Waals surface area (Å²) < 4.78 is 5.06. The molecule has 1 aromatic carbocycles. The standard InChI is InChI=1S/C7H6BNO/c8-5-1-2-7-6(3-5)9-4-10-7/h1-4H,8H2. The molecule has 2 rings (SSSR count). The monoisotopic (exact) mass is 131 g/mol. The van der Waals surface area contributed by atoms with Gasteiger partial charge in [-0.25, -0.2) is 4.98 Å². The molecule has 0 saturated heterocycles. The molecule has 3 heteroatoms. The van der Waals surface area contributed by atoms with Crippen molar-refractivity contribution in [3.63, 3.8) is 0 Å². The molecule has 10 heavy (non-hydrogen) atoms. The van der Waals surface area contributed by atoms with Crippen molar-refractivity contribution in [3.8, 4) is 0 Å². The molecular weight excluding hydrogens is 125 g/mol. The first-order chi connectivity index (χ1) is 4.86. The number of fused-ring (bicyclic) bond motifs is 1. The van der Waals surface area contributed by atoms with Crippen LogP contribution in [0.1, 0.15) is 0 Å². The molecule has 1 aromatic heterocycles. The van der Waals surface area contributed by atoms with E-state index in [4.69, 9.17) is 4.42 Å².